The van der Waals surface area contributed by atoms with Gasteiger partial charge in [-0.1, -0.05) is 0 Å². The average molecular weight is 141 g/mol. The van der Waals surface area contributed by atoms with Gasteiger partial charge in [-0.15, -0.1) is 0 Å². The van der Waals surface area contributed by atoms with Crippen LogP contribution in [0.2, 0.25) is 0 Å². The van der Waals surface area contributed by atoms with E-state index in [0.29, 0.717) is 5.69 Å². The third kappa shape index (κ3) is 0.812. The van der Waals surface area contributed by atoms with Crippen molar-refractivity contribution in [1.82, 2.24) is 10.2 Å². The first-order valence-corrected chi connectivity index (χ1v) is 2.66. The van der Waals surface area contributed by atoms with Crippen LogP contribution < -0.4 is 5.73 Å². The summed E-state index contributed by atoms with van der Waals surface area (Å²) in [5, 5.41) is 14.3. The van der Waals surface area contributed by atoms with Crippen molar-refractivity contribution in [2.45, 2.75) is 6.92 Å². The van der Waals surface area contributed by atoms with Gasteiger partial charge in [0.05, 0.1) is 11.4 Å². The second-order valence-electron chi connectivity index (χ2n) is 1.92. The third-order valence-electron chi connectivity index (χ3n) is 1.20. The molecule has 54 valence electrons. The van der Waals surface area contributed by atoms with Crippen molar-refractivity contribution in [2.24, 2.45) is 0 Å². The number of hydrogen-bond donors (Lipinski definition) is 3. The van der Waals surface area contributed by atoms with E-state index in [1.165, 1.54) is 0 Å². The van der Waals surface area contributed by atoms with Gasteiger partial charge >= 0.3 is 5.97 Å². The van der Waals surface area contributed by atoms with Crippen molar-refractivity contribution < 1.29 is 9.90 Å². The molecule has 1 aromatic heterocycles. The van der Waals surface area contributed by atoms with Gasteiger partial charge in [0.1, 0.15) is 0 Å². The number of rotatable bonds is 1. The second kappa shape index (κ2) is 2.02. The molecule has 0 amide bonds. The molecule has 10 heavy (non-hydrogen) atoms. The van der Waals surface area contributed by atoms with Crippen molar-refractivity contribution in [2.75, 3.05) is 5.73 Å². The Morgan fingerprint density at radius 3 is 2.60 bits per heavy atom. The summed E-state index contributed by atoms with van der Waals surface area (Å²) in [6, 6.07) is 0. The Labute approximate surface area is 56.9 Å². The molecular weight excluding hydrogens is 134 g/mol. The summed E-state index contributed by atoms with van der Waals surface area (Å²) in [5.74, 6) is -1.11. The molecule has 0 bridgehead atoms. The standard InChI is InChI=1S/C5H7N3O2/c1-2-3(6)4(5(9)10)8-7-2/h6H2,1H3,(H,7,8)(H,9,10). The second-order valence-corrected chi connectivity index (χ2v) is 1.92. The number of carbonyl (C=O) groups is 1. The summed E-state index contributed by atoms with van der Waals surface area (Å²) in [5.41, 5.74) is 6.00. The first-order chi connectivity index (χ1) is 4.63. The van der Waals surface area contributed by atoms with Gasteiger partial charge in [0.2, 0.25) is 0 Å². The molecule has 1 rings (SSSR count). The quantitative estimate of drug-likeness (QED) is 0.513. The van der Waals surface area contributed by atoms with Crippen molar-refractivity contribution in [1.29, 1.82) is 0 Å². The third-order valence-corrected chi connectivity index (χ3v) is 1.20. The van der Waals surface area contributed by atoms with E-state index in [4.69, 9.17) is 10.8 Å². The van der Waals surface area contributed by atoms with Crippen LogP contribution in [-0.2, 0) is 0 Å². The first-order valence-electron chi connectivity index (χ1n) is 2.66. The largest absolute Gasteiger partial charge is 0.476 e. The maximum Gasteiger partial charge on any atom is 0.358 e. The van der Waals surface area contributed by atoms with E-state index in [1.807, 2.05) is 0 Å². The van der Waals surface area contributed by atoms with Gasteiger partial charge in [-0.25, -0.2) is 4.79 Å². The highest BCUT2D eigenvalue weighted by Gasteiger charge is 2.12. The fourth-order valence-electron chi connectivity index (χ4n) is 0.601. The highest BCUT2D eigenvalue weighted by molar-refractivity contribution is 5.91. The number of carboxylic acid groups (broad SMARTS) is 1. The SMILES string of the molecule is Cc1[nH]nc(C(=O)O)c1N. The first kappa shape index (κ1) is 6.60. The summed E-state index contributed by atoms with van der Waals surface area (Å²) in [6.45, 7) is 1.66. The van der Waals surface area contributed by atoms with Crippen molar-refractivity contribution >= 4 is 11.7 Å². The molecule has 5 nitrogen and oxygen atoms in total. The minimum absolute atomic E-state index is 0.113. The number of aromatic amines is 1. The van der Waals surface area contributed by atoms with Gasteiger partial charge in [-0.2, -0.15) is 5.10 Å². The zero-order valence-corrected chi connectivity index (χ0v) is 5.38. The number of nitrogens with two attached hydrogens (primary N) is 1. The van der Waals surface area contributed by atoms with Crippen molar-refractivity contribution in [3.8, 4) is 0 Å². The molecule has 1 aromatic rings. The highest BCUT2D eigenvalue weighted by atomic mass is 16.4. The molecule has 0 aliphatic heterocycles. The smallest absolute Gasteiger partial charge is 0.358 e. The average Bonchev–Trinajstić information content (AvgIpc) is 2.14. The molecule has 0 spiro atoms. The summed E-state index contributed by atoms with van der Waals surface area (Å²) < 4.78 is 0. The number of nitrogens with one attached hydrogen (secondary N) is 1. The van der Waals surface area contributed by atoms with Gasteiger partial charge in [0.15, 0.2) is 5.69 Å². The van der Waals surface area contributed by atoms with Crippen LogP contribution in [0.5, 0.6) is 0 Å². The summed E-state index contributed by atoms with van der Waals surface area (Å²) in [6.07, 6.45) is 0. The highest BCUT2D eigenvalue weighted by Crippen LogP contribution is 2.11. The van der Waals surface area contributed by atoms with E-state index in [0.717, 1.165) is 0 Å². The van der Waals surface area contributed by atoms with Crippen molar-refractivity contribution in [3.63, 3.8) is 0 Å². The molecule has 0 aliphatic rings. The Bertz CT molecular complexity index is 266. The van der Waals surface area contributed by atoms with E-state index < -0.39 is 5.97 Å². The van der Waals surface area contributed by atoms with Crippen LogP contribution in [0.25, 0.3) is 0 Å². The van der Waals surface area contributed by atoms with Crippen LogP contribution >= 0.6 is 0 Å². The number of nitrogens with zero attached hydrogens (tertiary/aromatic N) is 1. The molecule has 5 heteroatoms. The lowest BCUT2D eigenvalue weighted by molar-refractivity contribution is 0.0691. The normalized spacial score (nSPS) is 9.70. The Morgan fingerprint density at radius 1 is 1.80 bits per heavy atom. The Balaban J connectivity index is 3.17. The monoisotopic (exact) mass is 141 g/mol. The fraction of sp³-hybridized carbons (Fsp3) is 0.200. The molecule has 0 unspecified atom stereocenters. The number of aryl methyl sites for hydroxylation is 1. The number of carboxylic acids is 1. The van der Waals surface area contributed by atoms with E-state index in [9.17, 15) is 4.79 Å². The fourth-order valence-corrected chi connectivity index (χ4v) is 0.601. The van der Waals surface area contributed by atoms with Crippen LogP contribution in [0.15, 0.2) is 0 Å². The number of aromatic carboxylic acids is 1. The van der Waals surface area contributed by atoms with Crippen molar-refractivity contribution in [3.05, 3.63) is 11.4 Å². The topological polar surface area (TPSA) is 92.0 Å². The van der Waals surface area contributed by atoms with Gasteiger partial charge in [0, 0.05) is 0 Å². The Morgan fingerprint density at radius 2 is 2.40 bits per heavy atom. The van der Waals surface area contributed by atoms with E-state index >= 15 is 0 Å². The summed E-state index contributed by atoms with van der Waals surface area (Å²) in [4.78, 5) is 10.3. The molecule has 0 atom stereocenters. The van der Waals surface area contributed by atoms with E-state index in [1.54, 1.807) is 6.92 Å². The maximum absolute atomic E-state index is 10.3. The summed E-state index contributed by atoms with van der Waals surface area (Å²) >= 11 is 0. The molecule has 0 radical (unpaired) electrons. The van der Waals surface area contributed by atoms with Gasteiger partial charge in [-0.3, -0.25) is 5.10 Å². The number of hydrogen-bond acceptors (Lipinski definition) is 3. The minimum atomic E-state index is -1.11. The number of aromatic nitrogens is 2. The van der Waals surface area contributed by atoms with Gasteiger partial charge in [0.25, 0.3) is 0 Å². The molecule has 4 N–H and O–H groups in total. The molecule has 0 saturated carbocycles. The zero-order valence-electron chi connectivity index (χ0n) is 5.38. The lowest BCUT2D eigenvalue weighted by Crippen LogP contribution is -2.01. The minimum Gasteiger partial charge on any atom is -0.476 e. The van der Waals surface area contributed by atoms with Crippen LogP contribution in [0, 0.1) is 6.92 Å². The van der Waals surface area contributed by atoms with Crippen LogP contribution in [0.4, 0.5) is 5.69 Å². The zero-order chi connectivity index (χ0) is 7.72. The molecular formula is C5H7N3O2. The maximum atomic E-state index is 10.3. The lowest BCUT2D eigenvalue weighted by atomic mass is 10.3. The number of H-pyrrole nitrogens is 1. The van der Waals surface area contributed by atoms with Crippen LogP contribution in [0.1, 0.15) is 16.2 Å². The Kier molecular flexibility index (Phi) is 1.33. The molecule has 1 heterocycles. The van der Waals surface area contributed by atoms with Gasteiger partial charge in [-0.05, 0) is 6.92 Å². The molecule has 0 aromatic carbocycles. The van der Waals surface area contributed by atoms with E-state index in [2.05, 4.69) is 10.2 Å². The predicted molar refractivity (Wildman–Crippen MR) is 34.7 cm³/mol. The number of nitrogen functional groups attached to an aromatic ring is 1. The number of anilines is 1. The lowest BCUT2D eigenvalue weighted by Gasteiger charge is -1.87. The Hall–Kier alpha value is -1.52. The molecule has 0 saturated heterocycles. The van der Waals surface area contributed by atoms with Gasteiger partial charge < -0.3 is 10.8 Å². The predicted octanol–water partition coefficient (Wildman–Crippen LogP) is -0.00148. The van der Waals surface area contributed by atoms with Crippen LogP contribution in [0.3, 0.4) is 0 Å². The molecule has 0 aliphatic carbocycles. The van der Waals surface area contributed by atoms with Crippen LogP contribution in [-0.4, -0.2) is 21.3 Å². The van der Waals surface area contributed by atoms with E-state index in [-0.39, 0.29) is 11.4 Å². The molecule has 0 fully saturated rings. The summed E-state index contributed by atoms with van der Waals surface area (Å²) in [7, 11) is 0.